The van der Waals surface area contributed by atoms with Gasteiger partial charge in [-0.2, -0.15) is 9.50 Å². The molecule has 4 aromatic rings. The molecule has 164 valence electrons. The number of benzene rings is 2. The van der Waals surface area contributed by atoms with Gasteiger partial charge in [-0.3, -0.25) is 14.4 Å². The van der Waals surface area contributed by atoms with Gasteiger partial charge in [0.05, 0.1) is 16.8 Å². The molecule has 2 aromatic heterocycles. The van der Waals surface area contributed by atoms with Crippen LogP contribution in [0, 0.1) is 0 Å². The van der Waals surface area contributed by atoms with Gasteiger partial charge in [0.2, 0.25) is 4.96 Å². The highest BCUT2D eigenvalue weighted by molar-refractivity contribution is 9.10. The molecule has 0 N–H and O–H groups in total. The molecule has 8 nitrogen and oxygen atoms in total. The van der Waals surface area contributed by atoms with E-state index in [9.17, 15) is 14.4 Å². The highest BCUT2D eigenvalue weighted by Gasteiger charge is 2.34. The molecule has 1 aliphatic heterocycles. The molecule has 0 saturated heterocycles. The van der Waals surface area contributed by atoms with Crippen molar-refractivity contribution in [3.05, 3.63) is 80.0 Å². The summed E-state index contributed by atoms with van der Waals surface area (Å²) in [5.41, 5.74) is 1.75. The van der Waals surface area contributed by atoms with E-state index < -0.39 is 11.5 Å². The molecule has 0 atom stereocenters. The smallest absolute Gasteiger partial charge is 0.308 e. The predicted molar refractivity (Wildman–Crippen MR) is 128 cm³/mol. The summed E-state index contributed by atoms with van der Waals surface area (Å²) in [6, 6.07) is 12.3. The molecule has 0 saturated carbocycles. The Morgan fingerprint density at radius 2 is 2.00 bits per heavy atom. The second-order valence-electron chi connectivity index (χ2n) is 7.20. The van der Waals surface area contributed by atoms with E-state index in [0.717, 1.165) is 15.8 Å². The Bertz CT molecular complexity index is 1590. The van der Waals surface area contributed by atoms with Crippen molar-refractivity contribution in [2.75, 3.05) is 11.4 Å². The Morgan fingerprint density at radius 1 is 1.21 bits per heavy atom. The van der Waals surface area contributed by atoms with Gasteiger partial charge in [-0.05, 0) is 30.3 Å². The Hall–Kier alpha value is -3.63. The fourth-order valence-electron chi connectivity index (χ4n) is 3.73. The zero-order chi connectivity index (χ0) is 23.3. The molecule has 0 spiro atoms. The first-order chi connectivity index (χ1) is 15.9. The van der Waals surface area contributed by atoms with E-state index in [4.69, 9.17) is 4.74 Å². The van der Waals surface area contributed by atoms with Gasteiger partial charge in [-0.15, -0.1) is 11.7 Å². The molecule has 0 bridgehead atoms. The Kier molecular flexibility index (Phi) is 5.18. The van der Waals surface area contributed by atoms with Gasteiger partial charge < -0.3 is 9.64 Å². The lowest BCUT2D eigenvalue weighted by Gasteiger charge is -2.14. The minimum atomic E-state index is -0.472. The number of hydrogen-bond acceptors (Lipinski definition) is 7. The van der Waals surface area contributed by atoms with Crippen LogP contribution in [0.15, 0.2) is 64.4 Å². The van der Waals surface area contributed by atoms with E-state index >= 15 is 0 Å². The number of esters is 1. The zero-order valence-electron chi connectivity index (χ0n) is 17.2. The van der Waals surface area contributed by atoms with Crippen LogP contribution in [0.1, 0.15) is 12.5 Å². The molecular formula is C23H15BrN4O4S. The third kappa shape index (κ3) is 3.47. The highest BCUT2D eigenvalue weighted by atomic mass is 79.9. The lowest BCUT2D eigenvalue weighted by molar-refractivity contribution is -0.131. The standard InChI is InChI=1S/C23H15BrN4O4S/c1-3-10-27-16-9-8-13(24)11-15(16)18(21(27)30)19-22(31)28-23(33-19)25-20(26-28)14-6-4-5-7-17(14)32-12(2)29/h3-9,11H,1,10H2,2H3/b19-18-. The lowest BCUT2D eigenvalue weighted by Crippen LogP contribution is -2.32. The maximum Gasteiger partial charge on any atom is 0.308 e. The number of halogens is 1. The highest BCUT2D eigenvalue weighted by Crippen LogP contribution is 2.37. The number of carbonyl (C=O) groups is 2. The van der Waals surface area contributed by atoms with Crippen LogP contribution in [-0.4, -0.2) is 33.0 Å². The first-order valence-corrected chi connectivity index (χ1v) is 11.4. The van der Waals surface area contributed by atoms with E-state index in [1.807, 2.05) is 18.2 Å². The first-order valence-electron chi connectivity index (χ1n) is 9.83. The van der Waals surface area contributed by atoms with Crippen LogP contribution >= 0.6 is 27.3 Å². The van der Waals surface area contributed by atoms with E-state index in [1.54, 1.807) is 35.2 Å². The summed E-state index contributed by atoms with van der Waals surface area (Å²) in [5, 5.41) is 4.34. The van der Waals surface area contributed by atoms with Crippen molar-refractivity contribution in [1.82, 2.24) is 14.6 Å². The summed E-state index contributed by atoms with van der Waals surface area (Å²) in [5.74, 6) is -0.193. The van der Waals surface area contributed by atoms with Gasteiger partial charge in [0.25, 0.3) is 11.5 Å². The number of ether oxygens (including phenoxy) is 1. The molecule has 1 amide bonds. The second-order valence-corrected chi connectivity index (χ2v) is 9.09. The number of fused-ring (bicyclic) bond motifs is 2. The lowest BCUT2D eigenvalue weighted by atomic mass is 10.1. The number of amides is 1. The number of nitrogens with zero attached hydrogens (tertiary/aromatic N) is 4. The Labute approximate surface area is 199 Å². The molecule has 1 aliphatic rings. The third-order valence-corrected chi connectivity index (χ3v) is 6.58. The molecule has 33 heavy (non-hydrogen) atoms. The number of anilines is 1. The fraction of sp³-hybridized carbons (Fsp3) is 0.0870. The average molecular weight is 523 g/mol. The van der Waals surface area contributed by atoms with Crippen LogP contribution < -0.4 is 19.7 Å². The molecule has 0 aliphatic carbocycles. The summed E-state index contributed by atoms with van der Waals surface area (Å²) in [6.07, 6.45) is 1.64. The van der Waals surface area contributed by atoms with E-state index in [2.05, 4.69) is 32.6 Å². The molecule has 3 heterocycles. The number of carbonyl (C=O) groups excluding carboxylic acids is 2. The van der Waals surface area contributed by atoms with Crippen LogP contribution in [0.4, 0.5) is 5.69 Å². The van der Waals surface area contributed by atoms with Gasteiger partial charge >= 0.3 is 5.97 Å². The number of rotatable bonds is 4. The summed E-state index contributed by atoms with van der Waals surface area (Å²) in [6.45, 7) is 5.36. The van der Waals surface area contributed by atoms with Crippen LogP contribution in [0.5, 0.6) is 5.75 Å². The van der Waals surface area contributed by atoms with Crippen molar-refractivity contribution in [2.45, 2.75) is 6.92 Å². The zero-order valence-corrected chi connectivity index (χ0v) is 19.6. The topological polar surface area (TPSA) is 93.9 Å². The van der Waals surface area contributed by atoms with Crippen LogP contribution in [0.2, 0.25) is 0 Å². The molecular weight excluding hydrogens is 508 g/mol. The summed E-state index contributed by atoms with van der Waals surface area (Å²) in [4.78, 5) is 44.4. The van der Waals surface area contributed by atoms with Crippen molar-refractivity contribution < 1.29 is 14.3 Å². The molecule has 10 heteroatoms. The SMILES string of the molecule is C=CCN1C(=O)/C(=c2\sc3nc(-c4ccccc4OC(C)=O)nn3c2=O)c2cc(Br)ccc21. The van der Waals surface area contributed by atoms with Crippen molar-refractivity contribution >= 4 is 55.4 Å². The second kappa shape index (κ2) is 8.05. The maximum absolute atomic E-state index is 13.3. The van der Waals surface area contributed by atoms with Crippen molar-refractivity contribution in [2.24, 2.45) is 0 Å². The van der Waals surface area contributed by atoms with E-state index in [0.29, 0.717) is 39.6 Å². The van der Waals surface area contributed by atoms with Crippen molar-refractivity contribution in [3.63, 3.8) is 0 Å². The summed E-state index contributed by atoms with van der Waals surface area (Å²) >= 11 is 4.54. The largest absolute Gasteiger partial charge is 0.426 e. The predicted octanol–water partition coefficient (Wildman–Crippen LogP) is 2.96. The van der Waals surface area contributed by atoms with Crippen LogP contribution in [-0.2, 0) is 9.59 Å². The van der Waals surface area contributed by atoms with Gasteiger partial charge in [0.1, 0.15) is 10.3 Å². The third-order valence-electron chi connectivity index (χ3n) is 5.06. The van der Waals surface area contributed by atoms with E-state index in [1.165, 1.54) is 11.4 Å². The monoisotopic (exact) mass is 522 g/mol. The number of thiazole rings is 1. The normalized spacial score (nSPS) is 14.6. The van der Waals surface area contributed by atoms with Crippen molar-refractivity contribution in [1.29, 1.82) is 0 Å². The van der Waals surface area contributed by atoms with Gasteiger partial charge in [0.15, 0.2) is 5.82 Å². The molecule has 0 radical (unpaired) electrons. The summed E-state index contributed by atoms with van der Waals surface area (Å²) < 4.78 is 7.47. The molecule has 0 fully saturated rings. The minimum Gasteiger partial charge on any atom is -0.426 e. The maximum atomic E-state index is 13.3. The molecule has 2 aromatic carbocycles. The number of para-hydroxylation sites is 1. The van der Waals surface area contributed by atoms with Gasteiger partial charge in [-0.1, -0.05) is 45.5 Å². The van der Waals surface area contributed by atoms with Crippen LogP contribution in [0.25, 0.3) is 21.9 Å². The minimum absolute atomic E-state index is 0.251. The molecule has 5 rings (SSSR count). The number of hydrogen-bond donors (Lipinski definition) is 0. The number of aromatic nitrogens is 3. The van der Waals surface area contributed by atoms with Gasteiger partial charge in [0, 0.05) is 23.5 Å². The van der Waals surface area contributed by atoms with Crippen molar-refractivity contribution in [3.8, 4) is 17.1 Å². The van der Waals surface area contributed by atoms with E-state index in [-0.39, 0.29) is 16.3 Å². The summed E-state index contributed by atoms with van der Waals surface area (Å²) in [7, 11) is 0. The quantitative estimate of drug-likeness (QED) is 0.232. The average Bonchev–Trinajstić information content (AvgIpc) is 3.40. The van der Waals surface area contributed by atoms with Crippen LogP contribution in [0.3, 0.4) is 0 Å². The first kappa shape index (κ1) is 21.2. The Morgan fingerprint density at radius 3 is 2.73 bits per heavy atom. The van der Waals surface area contributed by atoms with Gasteiger partial charge in [-0.25, -0.2) is 0 Å². The Balaban J connectivity index is 1.71. The fourth-order valence-corrected chi connectivity index (χ4v) is 5.09. The molecule has 0 unspecified atom stereocenters.